The molecule has 0 aromatic heterocycles. The number of nitrogens with zero attached hydrogens (tertiary/aromatic N) is 1. The second-order valence-corrected chi connectivity index (χ2v) is 8.73. The molecular weight excluding hydrogens is 504 g/mol. The number of aryl methyl sites for hydroxylation is 1. The van der Waals surface area contributed by atoms with Crippen molar-refractivity contribution in [2.75, 3.05) is 25.1 Å². The average Bonchev–Trinajstić information content (AvgIpc) is 3.33. The highest BCUT2D eigenvalue weighted by Crippen LogP contribution is 2.22. The molecule has 0 radical (unpaired) electrons. The van der Waals surface area contributed by atoms with Crippen molar-refractivity contribution >= 4 is 45.6 Å². The fraction of sp³-hybridized carbons (Fsp3) is 0.333. The maximum absolute atomic E-state index is 12.4. The van der Waals surface area contributed by atoms with Crippen LogP contribution in [-0.2, 0) is 19.1 Å². The van der Waals surface area contributed by atoms with Crippen molar-refractivity contribution in [3.05, 3.63) is 57.6 Å². The molecule has 3 N–H and O–H groups in total. The fourth-order valence-corrected chi connectivity index (χ4v) is 3.65. The van der Waals surface area contributed by atoms with E-state index in [2.05, 4.69) is 37.1 Å². The molecule has 1 heterocycles. The average molecular weight is 531 g/mol. The molecule has 0 spiro atoms. The van der Waals surface area contributed by atoms with Crippen molar-refractivity contribution in [3.63, 3.8) is 0 Å². The molecule has 2 aromatic rings. The molecule has 180 valence electrons. The molecule has 1 fully saturated rings. The molecule has 3 amide bonds. The number of hydrogen-bond acceptors (Lipinski definition) is 6. The number of amides is 3. The van der Waals surface area contributed by atoms with Gasteiger partial charge in [0, 0.05) is 28.9 Å². The number of hydrazone groups is 1. The summed E-state index contributed by atoms with van der Waals surface area (Å²) in [5.41, 5.74) is 5.49. The van der Waals surface area contributed by atoms with Gasteiger partial charge in [0.05, 0.1) is 12.3 Å². The highest BCUT2D eigenvalue weighted by molar-refractivity contribution is 9.10. The minimum Gasteiger partial charge on any atom is -0.483 e. The number of benzene rings is 2. The number of hydrogen-bond donors (Lipinski definition) is 3. The second-order valence-electron chi connectivity index (χ2n) is 7.81. The van der Waals surface area contributed by atoms with Crippen LogP contribution in [0.15, 0.2) is 46.0 Å². The van der Waals surface area contributed by atoms with Crippen molar-refractivity contribution in [1.29, 1.82) is 0 Å². The monoisotopic (exact) mass is 530 g/mol. The van der Waals surface area contributed by atoms with Crippen molar-refractivity contribution in [2.24, 2.45) is 5.10 Å². The van der Waals surface area contributed by atoms with E-state index in [1.165, 1.54) is 6.21 Å². The van der Waals surface area contributed by atoms with Gasteiger partial charge in [0.2, 0.25) is 0 Å². The molecule has 3 rings (SSSR count). The van der Waals surface area contributed by atoms with Crippen LogP contribution >= 0.6 is 15.9 Å². The number of rotatable bonds is 8. The number of ether oxygens (including phenoxy) is 2. The van der Waals surface area contributed by atoms with E-state index in [1.807, 2.05) is 32.0 Å². The first-order chi connectivity index (χ1) is 16.3. The quantitative estimate of drug-likeness (QED) is 0.275. The van der Waals surface area contributed by atoms with Gasteiger partial charge in [-0.25, -0.2) is 5.43 Å². The Kier molecular flexibility index (Phi) is 9.17. The van der Waals surface area contributed by atoms with Crippen LogP contribution in [0.3, 0.4) is 0 Å². The molecule has 9 nitrogen and oxygen atoms in total. The van der Waals surface area contributed by atoms with Gasteiger partial charge in [-0.05, 0) is 62.1 Å². The molecule has 0 saturated carbocycles. The van der Waals surface area contributed by atoms with Gasteiger partial charge in [0.1, 0.15) is 5.75 Å². The van der Waals surface area contributed by atoms with E-state index in [0.29, 0.717) is 17.9 Å². The van der Waals surface area contributed by atoms with Gasteiger partial charge in [-0.3, -0.25) is 14.4 Å². The van der Waals surface area contributed by atoms with Gasteiger partial charge < -0.3 is 20.1 Å². The third-order valence-electron chi connectivity index (χ3n) is 5.30. The van der Waals surface area contributed by atoms with E-state index >= 15 is 0 Å². The zero-order valence-corrected chi connectivity index (χ0v) is 20.6. The maximum Gasteiger partial charge on any atom is 0.329 e. The lowest BCUT2D eigenvalue weighted by atomic mass is 10.1. The lowest BCUT2D eigenvalue weighted by Crippen LogP contribution is -2.41. The Morgan fingerprint density at radius 1 is 1.21 bits per heavy atom. The van der Waals surface area contributed by atoms with Gasteiger partial charge in [0.15, 0.2) is 6.61 Å². The van der Waals surface area contributed by atoms with Gasteiger partial charge in [-0.1, -0.05) is 28.1 Å². The van der Waals surface area contributed by atoms with E-state index in [0.717, 1.165) is 34.1 Å². The molecule has 0 bridgehead atoms. The normalized spacial score (nSPS) is 15.2. The van der Waals surface area contributed by atoms with Crippen molar-refractivity contribution < 1.29 is 23.9 Å². The smallest absolute Gasteiger partial charge is 0.329 e. The van der Waals surface area contributed by atoms with E-state index < -0.39 is 11.8 Å². The minimum absolute atomic E-state index is 0.0614. The number of carbonyl (C=O) groups excluding carboxylic acids is 3. The molecule has 1 aliphatic rings. The van der Waals surface area contributed by atoms with Crippen LogP contribution in [0.2, 0.25) is 0 Å². The van der Waals surface area contributed by atoms with E-state index in [1.54, 1.807) is 18.2 Å². The lowest BCUT2D eigenvalue weighted by Gasteiger charge is -2.12. The summed E-state index contributed by atoms with van der Waals surface area (Å²) in [6.45, 7) is 4.65. The Morgan fingerprint density at radius 3 is 2.79 bits per heavy atom. The van der Waals surface area contributed by atoms with Crippen LogP contribution in [-0.4, -0.2) is 49.8 Å². The summed E-state index contributed by atoms with van der Waals surface area (Å²) in [4.78, 5) is 36.2. The highest BCUT2D eigenvalue weighted by atomic mass is 79.9. The van der Waals surface area contributed by atoms with Crippen LogP contribution in [0.4, 0.5) is 5.69 Å². The first-order valence-electron chi connectivity index (χ1n) is 10.8. The predicted molar refractivity (Wildman–Crippen MR) is 132 cm³/mol. The number of nitrogens with one attached hydrogen (secondary N) is 3. The minimum atomic E-state index is -0.889. The molecular formula is C24H27BrN4O5. The summed E-state index contributed by atoms with van der Waals surface area (Å²) in [5.74, 6) is -1.60. The molecule has 1 saturated heterocycles. The summed E-state index contributed by atoms with van der Waals surface area (Å²) < 4.78 is 11.8. The molecule has 10 heteroatoms. The highest BCUT2D eigenvalue weighted by Gasteiger charge is 2.19. The summed E-state index contributed by atoms with van der Waals surface area (Å²) in [5, 5.41) is 9.21. The lowest BCUT2D eigenvalue weighted by molar-refractivity contribution is -0.139. The van der Waals surface area contributed by atoms with Crippen LogP contribution in [0.1, 0.15) is 29.5 Å². The van der Waals surface area contributed by atoms with Gasteiger partial charge in [-0.15, -0.1) is 0 Å². The number of carbonyl (C=O) groups is 3. The van der Waals surface area contributed by atoms with Crippen LogP contribution in [0.25, 0.3) is 0 Å². The topological polar surface area (TPSA) is 118 Å². The van der Waals surface area contributed by atoms with Crippen LogP contribution in [0, 0.1) is 13.8 Å². The Bertz CT molecular complexity index is 1080. The van der Waals surface area contributed by atoms with E-state index in [4.69, 9.17) is 9.47 Å². The van der Waals surface area contributed by atoms with Crippen molar-refractivity contribution in [3.8, 4) is 5.75 Å². The van der Waals surface area contributed by atoms with E-state index in [9.17, 15) is 14.4 Å². The Labute approximate surface area is 206 Å². The first kappa shape index (κ1) is 25.4. The zero-order valence-electron chi connectivity index (χ0n) is 19.0. The van der Waals surface area contributed by atoms with E-state index in [-0.39, 0.29) is 25.2 Å². The van der Waals surface area contributed by atoms with Crippen molar-refractivity contribution in [2.45, 2.75) is 32.8 Å². The first-order valence-corrected chi connectivity index (χ1v) is 11.6. The largest absolute Gasteiger partial charge is 0.483 e. The Balaban J connectivity index is 1.53. The SMILES string of the molecule is Cc1cccc(NC(=O)COc2ccc(Br)cc2/C=N\NC(=O)C(=O)NC[C@@H]2CCCO2)c1C. The van der Waals surface area contributed by atoms with Gasteiger partial charge in [0.25, 0.3) is 5.91 Å². The Hall–Kier alpha value is -3.24. The third-order valence-corrected chi connectivity index (χ3v) is 5.79. The maximum atomic E-state index is 12.4. The molecule has 34 heavy (non-hydrogen) atoms. The molecule has 0 aliphatic carbocycles. The molecule has 1 atom stereocenters. The van der Waals surface area contributed by atoms with Crippen LogP contribution < -0.4 is 20.8 Å². The van der Waals surface area contributed by atoms with Crippen molar-refractivity contribution in [1.82, 2.24) is 10.7 Å². The summed E-state index contributed by atoms with van der Waals surface area (Å²) in [6.07, 6.45) is 3.08. The standard InChI is InChI=1S/C24H27BrN4O5/c1-15-5-3-7-20(16(15)2)28-22(30)14-34-21-9-8-18(25)11-17(21)12-27-29-24(32)23(31)26-13-19-6-4-10-33-19/h3,5,7-9,11-12,19H,4,6,10,13-14H2,1-2H3,(H,26,31)(H,28,30)(H,29,32)/b27-12-/t19-/m0/s1. The fourth-order valence-electron chi connectivity index (χ4n) is 3.27. The number of halogens is 1. The molecule has 2 aromatic carbocycles. The van der Waals surface area contributed by atoms with Gasteiger partial charge >= 0.3 is 11.8 Å². The van der Waals surface area contributed by atoms with Gasteiger partial charge in [-0.2, -0.15) is 5.10 Å². The molecule has 1 aliphatic heterocycles. The molecule has 0 unspecified atom stereocenters. The second kappa shape index (κ2) is 12.3. The number of anilines is 1. The summed E-state index contributed by atoms with van der Waals surface area (Å²) >= 11 is 3.37. The zero-order chi connectivity index (χ0) is 24.5. The summed E-state index contributed by atoms with van der Waals surface area (Å²) in [7, 11) is 0. The van der Waals surface area contributed by atoms with Crippen LogP contribution in [0.5, 0.6) is 5.75 Å². The Morgan fingerprint density at radius 2 is 2.03 bits per heavy atom. The summed E-state index contributed by atoms with van der Waals surface area (Å²) in [6, 6.07) is 10.8. The predicted octanol–water partition coefficient (Wildman–Crippen LogP) is 2.83. The third kappa shape index (κ3) is 7.39.